The summed E-state index contributed by atoms with van der Waals surface area (Å²) in [5, 5.41) is 21.9. The molecular weight excluding hydrogens is 794 g/mol. The number of hydrogen-bond acceptors (Lipinski definition) is 8. The third-order valence-electron chi connectivity index (χ3n) is 10.3. The molecule has 1 amide bonds. The number of phosphoric ester groups is 1. The molecular formula is C49H88NO10P. The standard InChI is InChI=1S/C49H88NO10P/c1-3-5-7-9-11-13-15-17-19-21-22-23-24-25-26-28-30-32-34-36-38-40-47(52)50-46(49(54)55)44-60-61(56,57)59-43-45(51)42-58-48(53)41-39-37-35-33-31-29-27-20-18-16-14-12-10-8-6-4-2/h11,13-14,16-17,19-20,27,45-46,51H,3-10,12,15,18,21-26,28-44H2,1-2H3,(H,50,52)(H,54,55)(H,56,57)/b13-11-,16-14-,19-17-,27-20-. The number of esters is 1. The first kappa shape index (κ1) is 58.4. The van der Waals surface area contributed by atoms with Gasteiger partial charge in [-0.3, -0.25) is 18.6 Å². The number of aliphatic hydroxyl groups excluding tert-OH is 1. The topological polar surface area (TPSA) is 169 Å². The molecule has 0 saturated heterocycles. The second-order valence-corrected chi connectivity index (χ2v) is 17.7. The van der Waals surface area contributed by atoms with Gasteiger partial charge in [0.1, 0.15) is 12.7 Å². The summed E-state index contributed by atoms with van der Waals surface area (Å²) < 4.78 is 26.9. The van der Waals surface area contributed by atoms with Crippen LogP contribution >= 0.6 is 7.82 Å². The van der Waals surface area contributed by atoms with Gasteiger partial charge in [-0.15, -0.1) is 0 Å². The molecule has 354 valence electrons. The lowest BCUT2D eigenvalue weighted by molar-refractivity contribution is -0.147. The van der Waals surface area contributed by atoms with Gasteiger partial charge in [0.25, 0.3) is 0 Å². The third kappa shape index (κ3) is 43.9. The van der Waals surface area contributed by atoms with Crippen LogP contribution in [0.4, 0.5) is 0 Å². The van der Waals surface area contributed by atoms with E-state index in [1.54, 1.807) is 0 Å². The minimum atomic E-state index is -4.76. The van der Waals surface area contributed by atoms with Crippen LogP contribution in [-0.2, 0) is 32.7 Å². The molecule has 0 aliphatic rings. The van der Waals surface area contributed by atoms with Gasteiger partial charge in [-0.1, -0.05) is 172 Å². The van der Waals surface area contributed by atoms with Gasteiger partial charge in [0.2, 0.25) is 5.91 Å². The Morgan fingerprint density at radius 3 is 1.36 bits per heavy atom. The lowest BCUT2D eigenvalue weighted by atomic mass is 10.0. The van der Waals surface area contributed by atoms with Gasteiger partial charge in [0, 0.05) is 12.8 Å². The molecule has 0 saturated carbocycles. The molecule has 0 aromatic rings. The summed E-state index contributed by atoms with van der Waals surface area (Å²) in [6, 6.07) is -1.55. The highest BCUT2D eigenvalue weighted by molar-refractivity contribution is 7.47. The number of ether oxygens (including phenoxy) is 1. The largest absolute Gasteiger partial charge is 0.480 e. The van der Waals surface area contributed by atoms with Crippen molar-refractivity contribution in [3.8, 4) is 0 Å². The van der Waals surface area contributed by atoms with Crippen LogP contribution < -0.4 is 5.32 Å². The molecule has 12 heteroatoms. The number of aliphatic carboxylic acids is 1. The number of carbonyl (C=O) groups excluding carboxylic acids is 2. The first-order chi connectivity index (χ1) is 29.6. The lowest BCUT2D eigenvalue weighted by Crippen LogP contribution is -2.43. The number of unbranched alkanes of at least 4 members (excludes halogenated alkanes) is 23. The van der Waals surface area contributed by atoms with Crippen molar-refractivity contribution in [2.24, 2.45) is 0 Å². The summed E-state index contributed by atoms with van der Waals surface area (Å²) in [5.74, 6) is -2.39. The van der Waals surface area contributed by atoms with Crippen LogP contribution in [0.3, 0.4) is 0 Å². The summed E-state index contributed by atoms with van der Waals surface area (Å²) in [4.78, 5) is 46.0. The quantitative estimate of drug-likeness (QED) is 0.0200. The van der Waals surface area contributed by atoms with Gasteiger partial charge >= 0.3 is 19.8 Å². The fraction of sp³-hybridized carbons (Fsp3) is 0.776. The van der Waals surface area contributed by atoms with Crippen LogP contribution in [0, 0.1) is 0 Å². The van der Waals surface area contributed by atoms with Gasteiger partial charge in [-0.25, -0.2) is 9.36 Å². The zero-order chi connectivity index (χ0) is 44.9. The first-order valence-corrected chi connectivity index (χ1v) is 25.7. The maximum Gasteiger partial charge on any atom is 0.472 e. The molecule has 0 aromatic carbocycles. The highest BCUT2D eigenvalue weighted by Crippen LogP contribution is 2.43. The molecule has 0 heterocycles. The number of carboxylic acid groups (broad SMARTS) is 1. The van der Waals surface area contributed by atoms with Crippen LogP contribution in [0.25, 0.3) is 0 Å². The number of phosphoric acid groups is 1. The molecule has 3 atom stereocenters. The third-order valence-corrected chi connectivity index (χ3v) is 11.3. The maximum absolute atomic E-state index is 12.4. The fourth-order valence-electron chi connectivity index (χ4n) is 6.55. The Balaban J connectivity index is 3.87. The monoisotopic (exact) mass is 882 g/mol. The number of hydrogen-bond donors (Lipinski definition) is 4. The summed E-state index contributed by atoms with van der Waals surface area (Å²) in [7, 11) is -4.76. The van der Waals surface area contributed by atoms with Crippen molar-refractivity contribution in [1.82, 2.24) is 5.32 Å². The Labute approximate surface area is 371 Å². The lowest BCUT2D eigenvalue weighted by Gasteiger charge is -2.18. The minimum absolute atomic E-state index is 0.141. The highest BCUT2D eigenvalue weighted by atomic mass is 31.2. The van der Waals surface area contributed by atoms with E-state index in [0.717, 1.165) is 70.6 Å². The van der Waals surface area contributed by atoms with E-state index < -0.39 is 57.6 Å². The van der Waals surface area contributed by atoms with E-state index in [-0.39, 0.29) is 12.8 Å². The van der Waals surface area contributed by atoms with Gasteiger partial charge in [-0.2, -0.15) is 0 Å². The first-order valence-electron chi connectivity index (χ1n) is 24.2. The van der Waals surface area contributed by atoms with Gasteiger partial charge in [0.15, 0.2) is 6.04 Å². The molecule has 0 fully saturated rings. The molecule has 3 unspecified atom stereocenters. The van der Waals surface area contributed by atoms with E-state index in [0.29, 0.717) is 12.8 Å². The normalized spacial score (nSPS) is 14.0. The minimum Gasteiger partial charge on any atom is -0.480 e. The van der Waals surface area contributed by atoms with Crippen molar-refractivity contribution in [3.63, 3.8) is 0 Å². The number of carboxylic acids is 1. The zero-order valence-electron chi connectivity index (χ0n) is 38.5. The second kappa shape index (κ2) is 44.1. The van der Waals surface area contributed by atoms with E-state index in [2.05, 4.69) is 67.8 Å². The molecule has 0 spiro atoms. The van der Waals surface area contributed by atoms with Crippen LogP contribution in [0.15, 0.2) is 48.6 Å². The number of carbonyl (C=O) groups is 3. The molecule has 0 aliphatic carbocycles. The van der Waals surface area contributed by atoms with E-state index in [9.17, 15) is 34.1 Å². The molecule has 0 rings (SSSR count). The average Bonchev–Trinajstić information content (AvgIpc) is 3.24. The Hall–Kier alpha value is -2.56. The Morgan fingerprint density at radius 2 is 0.902 bits per heavy atom. The van der Waals surface area contributed by atoms with E-state index in [1.165, 1.54) is 103 Å². The van der Waals surface area contributed by atoms with E-state index >= 15 is 0 Å². The number of amides is 1. The van der Waals surface area contributed by atoms with E-state index in [4.69, 9.17) is 13.8 Å². The molecule has 0 radical (unpaired) electrons. The van der Waals surface area contributed by atoms with Gasteiger partial charge < -0.3 is 25.2 Å². The van der Waals surface area contributed by atoms with E-state index in [1.807, 2.05) is 0 Å². The number of allylic oxidation sites excluding steroid dienone is 8. The molecule has 4 N–H and O–H groups in total. The van der Waals surface area contributed by atoms with Crippen LogP contribution in [0.5, 0.6) is 0 Å². The predicted molar refractivity (Wildman–Crippen MR) is 249 cm³/mol. The molecule has 0 bridgehead atoms. The second-order valence-electron chi connectivity index (χ2n) is 16.3. The predicted octanol–water partition coefficient (Wildman–Crippen LogP) is 13.0. The SMILES string of the molecule is CCCCC/C=C\C/C=C\CCCCCCCCCCCCCC(=O)NC(COP(=O)(O)OCC(O)COC(=O)CCCCCCC/C=C\C/C=C\CCCCCC)C(=O)O. The zero-order valence-corrected chi connectivity index (χ0v) is 39.4. The highest BCUT2D eigenvalue weighted by Gasteiger charge is 2.28. The van der Waals surface area contributed by atoms with Gasteiger partial charge in [-0.05, 0) is 77.0 Å². The summed E-state index contributed by atoms with van der Waals surface area (Å²) in [6.07, 6.45) is 49.8. The number of nitrogens with one attached hydrogen (secondary N) is 1. The van der Waals surface area contributed by atoms with Crippen molar-refractivity contribution < 1.29 is 47.8 Å². The summed E-state index contributed by atoms with van der Waals surface area (Å²) >= 11 is 0. The van der Waals surface area contributed by atoms with Gasteiger partial charge in [0.05, 0.1) is 13.2 Å². The number of aliphatic hydroxyl groups is 1. The molecule has 61 heavy (non-hydrogen) atoms. The molecule has 0 aliphatic heterocycles. The summed E-state index contributed by atoms with van der Waals surface area (Å²) in [6.45, 7) is 2.55. The van der Waals surface area contributed by atoms with Crippen molar-refractivity contribution in [1.29, 1.82) is 0 Å². The Kier molecular flexibility index (Phi) is 42.2. The van der Waals surface area contributed by atoms with Crippen LogP contribution in [0.2, 0.25) is 0 Å². The smallest absolute Gasteiger partial charge is 0.472 e. The van der Waals surface area contributed by atoms with Crippen LogP contribution in [0.1, 0.15) is 213 Å². The van der Waals surface area contributed by atoms with Crippen LogP contribution in [-0.4, -0.2) is 64.9 Å². The van der Waals surface area contributed by atoms with Crippen molar-refractivity contribution in [3.05, 3.63) is 48.6 Å². The molecule has 11 nitrogen and oxygen atoms in total. The molecule has 0 aromatic heterocycles. The van der Waals surface area contributed by atoms with Crippen molar-refractivity contribution >= 4 is 25.7 Å². The van der Waals surface area contributed by atoms with Crippen molar-refractivity contribution in [2.45, 2.75) is 225 Å². The average molecular weight is 882 g/mol. The summed E-state index contributed by atoms with van der Waals surface area (Å²) in [5.41, 5.74) is 0. The fourth-order valence-corrected chi connectivity index (χ4v) is 7.32. The maximum atomic E-state index is 12.4. The Bertz CT molecular complexity index is 1220. The van der Waals surface area contributed by atoms with Crippen molar-refractivity contribution in [2.75, 3.05) is 19.8 Å². The Morgan fingerprint density at radius 1 is 0.525 bits per heavy atom. The number of rotatable bonds is 45.